The number of likely N-dealkylation sites (tertiary alicyclic amines) is 1. The summed E-state index contributed by atoms with van der Waals surface area (Å²) in [5.41, 5.74) is 0. The van der Waals surface area contributed by atoms with Crippen LogP contribution in [-0.2, 0) is 4.79 Å². The maximum atomic E-state index is 12.8. The lowest BCUT2D eigenvalue weighted by Gasteiger charge is -2.31. The van der Waals surface area contributed by atoms with Crippen molar-refractivity contribution in [2.75, 3.05) is 40.3 Å². The van der Waals surface area contributed by atoms with Crippen molar-refractivity contribution in [1.82, 2.24) is 14.7 Å². The molecule has 0 bridgehead atoms. The van der Waals surface area contributed by atoms with Crippen LogP contribution in [0.15, 0.2) is 4.99 Å². The molecule has 2 saturated heterocycles. The van der Waals surface area contributed by atoms with Crippen molar-refractivity contribution in [1.29, 1.82) is 0 Å². The van der Waals surface area contributed by atoms with Gasteiger partial charge in [0.1, 0.15) is 6.54 Å². The third kappa shape index (κ3) is 3.54. The quantitative estimate of drug-likeness (QED) is 0.696. The van der Waals surface area contributed by atoms with E-state index in [-0.39, 0.29) is 11.9 Å². The van der Waals surface area contributed by atoms with Crippen LogP contribution in [-0.4, -0.2) is 89.2 Å². The molecule has 0 N–H and O–H groups in total. The van der Waals surface area contributed by atoms with E-state index in [0.717, 1.165) is 44.4 Å². The van der Waals surface area contributed by atoms with Crippen LogP contribution < -0.4 is 0 Å². The number of piperidine rings is 1. The molecule has 0 aromatic heterocycles. The lowest BCUT2D eigenvalue weighted by Crippen LogP contribution is -2.61. The topological polar surface area (TPSA) is 59.2 Å². The Hall–Kier alpha value is -1.76. The third-order valence-corrected chi connectivity index (χ3v) is 5.80. The summed E-state index contributed by atoms with van der Waals surface area (Å²) in [7, 11) is 3.27. The molecule has 0 radical (unpaired) electrons. The van der Waals surface area contributed by atoms with Crippen LogP contribution in [0, 0.1) is 11.8 Å². The van der Waals surface area contributed by atoms with E-state index in [2.05, 4.69) is 30.2 Å². The molecule has 3 aliphatic rings. The Morgan fingerprint density at radius 2 is 1.81 bits per heavy atom. The van der Waals surface area contributed by atoms with Gasteiger partial charge in [0.05, 0.1) is 6.54 Å². The molecule has 0 spiro atoms. The molecule has 0 saturated carbocycles. The van der Waals surface area contributed by atoms with E-state index >= 15 is 0 Å². The van der Waals surface area contributed by atoms with E-state index in [1.54, 1.807) is 14.1 Å². The number of likely N-dealkylation sites (N-methyl/N-ethyl adjacent to an activating group) is 2. The first-order valence-electron chi connectivity index (χ1n) is 9.78. The highest BCUT2D eigenvalue weighted by atomic mass is 16.2. The van der Waals surface area contributed by atoms with Crippen molar-refractivity contribution in [2.24, 2.45) is 16.8 Å². The maximum Gasteiger partial charge on any atom is 0.333 e. The minimum Gasteiger partial charge on any atom is -0.292 e. The predicted octanol–water partition coefficient (Wildman–Crippen LogP) is 1.48. The van der Waals surface area contributed by atoms with E-state index in [0.29, 0.717) is 11.8 Å². The number of amidine groups is 2. The number of amides is 3. The number of aliphatic imine (C=N–C) groups is 1. The van der Waals surface area contributed by atoms with Gasteiger partial charge in [-0.2, -0.15) is 0 Å². The van der Waals surface area contributed by atoms with Gasteiger partial charge in [-0.15, -0.1) is 0 Å². The van der Waals surface area contributed by atoms with Gasteiger partial charge < -0.3 is 0 Å². The Morgan fingerprint density at radius 3 is 2.42 bits per heavy atom. The number of carbonyl (C=O) groups excluding carboxylic acids is 2. The minimum absolute atomic E-state index is 0.169. The fraction of sp³-hybridized carbons (Fsp3) is 0.789. The van der Waals surface area contributed by atoms with Crippen molar-refractivity contribution in [2.45, 2.75) is 46.1 Å². The number of imide groups is 1. The number of hydrogen-bond acceptors (Lipinski definition) is 4. The normalized spacial score (nSPS) is 25.5. The lowest BCUT2D eigenvalue weighted by molar-refractivity contribution is -0.537. The van der Waals surface area contributed by atoms with Crippen LogP contribution in [0.25, 0.3) is 0 Å². The van der Waals surface area contributed by atoms with Gasteiger partial charge in [0.15, 0.2) is 0 Å². The Balaban J connectivity index is 1.87. The Kier molecular flexibility index (Phi) is 5.46. The second-order valence-electron chi connectivity index (χ2n) is 8.36. The molecule has 26 heavy (non-hydrogen) atoms. The number of urea groups is 1. The molecule has 2 fully saturated rings. The van der Waals surface area contributed by atoms with Crippen LogP contribution in [0.1, 0.15) is 40.0 Å². The Bertz CT molecular complexity index is 646. The SMILES string of the molecule is CC(C)CC[N+]1=C(CN2CCC(C)CC2)N=C2C1C(=O)N(C)C(=O)N2C. The highest BCUT2D eigenvalue weighted by molar-refractivity contribution is 6.23. The predicted molar refractivity (Wildman–Crippen MR) is 102 cm³/mol. The molecular formula is C19H32N5O2+. The second-order valence-corrected chi connectivity index (χ2v) is 8.36. The second kappa shape index (κ2) is 7.47. The summed E-state index contributed by atoms with van der Waals surface area (Å²) in [6, 6.07) is -0.762. The number of hydrogen-bond donors (Lipinski definition) is 0. The van der Waals surface area contributed by atoms with E-state index in [1.165, 1.54) is 22.6 Å². The van der Waals surface area contributed by atoms with E-state index in [4.69, 9.17) is 4.99 Å². The van der Waals surface area contributed by atoms with Crippen LogP contribution in [0.5, 0.6) is 0 Å². The Labute approximate surface area is 156 Å². The molecule has 3 rings (SSSR count). The molecule has 144 valence electrons. The van der Waals surface area contributed by atoms with Gasteiger partial charge in [0.25, 0.3) is 17.8 Å². The van der Waals surface area contributed by atoms with Crippen molar-refractivity contribution < 1.29 is 14.2 Å². The monoisotopic (exact) mass is 362 g/mol. The van der Waals surface area contributed by atoms with Crippen molar-refractivity contribution >= 4 is 23.6 Å². The highest BCUT2D eigenvalue weighted by Gasteiger charge is 2.52. The highest BCUT2D eigenvalue weighted by Crippen LogP contribution is 2.21. The number of fused-ring (bicyclic) bond motifs is 1. The molecule has 3 heterocycles. The lowest BCUT2D eigenvalue weighted by atomic mass is 9.99. The summed E-state index contributed by atoms with van der Waals surface area (Å²) in [6.45, 7) is 10.4. The molecule has 0 aromatic carbocycles. The maximum absolute atomic E-state index is 12.8. The average molecular weight is 362 g/mol. The van der Waals surface area contributed by atoms with Crippen LogP contribution in [0.2, 0.25) is 0 Å². The van der Waals surface area contributed by atoms with Crippen LogP contribution in [0.3, 0.4) is 0 Å². The van der Waals surface area contributed by atoms with Crippen LogP contribution in [0.4, 0.5) is 4.79 Å². The standard InChI is InChI=1S/C19H32N5O2/c1-13(2)6-11-24-15(12-23-9-7-14(3)8-10-23)20-17-16(24)18(25)22(5)19(26)21(17)4/h13-14,16H,6-12H2,1-5H3/q+1. The molecular weight excluding hydrogens is 330 g/mol. The largest absolute Gasteiger partial charge is 0.333 e. The Morgan fingerprint density at radius 1 is 1.15 bits per heavy atom. The van der Waals surface area contributed by atoms with Gasteiger partial charge in [0, 0.05) is 14.1 Å². The number of nitrogens with zero attached hydrogens (tertiary/aromatic N) is 5. The van der Waals surface area contributed by atoms with Gasteiger partial charge >= 0.3 is 11.9 Å². The molecule has 3 aliphatic heterocycles. The molecule has 0 aromatic rings. The summed E-state index contributed by atoms with van der Waals surface area (Å²) in [5.74, 6) is 2.68. The molecule has 7 nitrogen and oxygen atoms in total. The number of rotatable bonds is 5. The first kappa shape index (κ1) is 19.0. The first-order chi connectivity index (χ1) is 12.3. The van der Waals surface area contributed by atoms with Gasteiger partial charge in [0.2, 0.25) is 0 Å². The van der Waals surface area contributed by atoms with E-state index in [1.807, 2.05) is 0 Å². The van der Waals surface area contributed by atoms with E-state index < -0.39 is 6.04 Å². The third-order valence-electron chi connectivity index (χ3n) is 5.80. The van der Waals surface area contributed by atoms with Gasteiger partial charge in [-0.05, 0) is 49.2 Å². The van der Waals surface area contributed by atoms with Crippen molar-refractivity contribution in [3.63, 3.8) is 0 Å². The average Bonchev–Trinajstić information content (AvgIpc) is 2.96. The molecule has 1 atom stereocenters. The zero-order valence-electron chi connectivity index (χ0n) is 16.7. The van der Waals surface area contributed by atoms with Gasteiger partial charge in [-0.25, -0.2) is 9.37 Å². The van der Waals surface area contributed by atoms with Crippen molar-refractivity contribution in [3.8, 4) is 0 Å². The van der Waals surface area contributed by atoms with Gasteiger partial charge in [-0.1, -0.05) is 20.8 Å². The molecule has 7 heteroatoms. The summed E-state index contributed by atoms with van der Waals surface area (Å²) >= 11 is 0. The smallest absolute Gasteiger partial charge is 0.292 e. The molecule has 1 unspecified atom stereocenters. The molecule has 0 aliphatic carbocycles. The van der Waals surface area contributed by atoms with Gasteiger partial charge in [-0.3, -0.25) is 19.5 Å². The molecule has 3 amide bonds. The summed E-state index contributed by atoms with van der Waals surface area (Å²) in [6.07, 6.45) is 3.41. The fourth-order valence-corrected chi connectivity index (χ4v) is 3.85. The van der Waals surface area contributed by atoms with Crippen molar-refractivity contribution in [3.05, 3.63) is 0 Å². The number of carbonyl (C=O) groups is 2. The van der Waals surface area contributed by atoms with E-state index in [9.17, 15) is 9.59 Å². The van der Waals surface area contributed by atoms with Crippen LogP contribution >= 0.6 is 0 Å². The first-order valence-corrected chi connectivity index (χ1v) is 9.78. The summed E-state index contributed by atoms with van der Waals surface area (Å²) in [5, 5.41) is 0. The fourth-order valence-electron chi connectivity index (χ4n) is 3.85. The summed E-state index contributed by atoms with van der Waals surface area (Å²) < 4.78 is 2.13. The minimum atomic E-state index is -0.458. The zero-order chi connectivity index (χ0) is 19.0. The summed E-state index contributed by atoms with van der Waals surface area (Å²) in [4.78, 5) is 35.1. The zero-order valence-corrected chi connectivity index (χ0v) is 16.7.